The summed E-state index contributed by atoms with van der Waals surface area (Å²) < 4.78 is 10.9. The standard InChI is InChI=1S/C20H16N2O4/c1-12-19(23)22-16-11-14(7-8-17(16)26-12)21-20(24)18-15(9-10-25-18)13-5-3-2-4-6-13/h2-12H,1H3,(H,21,24)(H,22,23). The van der Waals surface area contributed by atoms with E-state index in [9.17, 15) is 9.59 Å². The van der Waals surface area contributed by atoms with E-state index in [0.717, 1.165) is 5.56 Å². The summed E-state index contributed by atoms with van der Waals surface area (Å²) >= 11 is 0. The maximum Gasteiger partial charge on any atom is 0.292 e. The smallest absolute Gasteiger partial charge is 0.292 e. The summed E-state index contributed by atoms with van der Waals surface area (Å²) in [4.78, 5) is 24.4. The lowest BCUT2D eigenvalue weighted by molar-refractivity contribution is -0.122. The van der Waals surface area contributed by atoms with Crippen molar-refractivity contribution in [3.63, 3.8) is 0 Å². The maximum atomic E-state index is 12.6. The molecule has 1 aliphatic heterocycles. The van der Waals surface area contributed by atoms with Crippen LogP contribution < -0.4 is 15.4 Å². The molecule has 1 unspecified atom stereocenters. The van der Waals surface area contributed by atoms with Gasteiger partial charge in [0.25, 0.3) is 11.8 Å². The van der Waals surface area contributed by atoms with E-state index < -0.39 is 6.10 Å². The van der Waals surface area contributed by atoms with Gasteiger partial charge in [-0.2, -0.15) is 0 Å². The SMILES string of the molecule is CC1Oc2ccc(NC(=O)c3occc3-c3ccccc3)cc2NC1=O. The molecule has 0 saturated heterocycles. The van der Waals surface area contributed by atoms with Gasteiger partial charge in [-0.3, -0.25) is 9.59 Å². The van der Waals surface area contributed by atoms with Gasteiger partial charge in [0, 0.05) is 11.3 Å². The van der Waals surface area contributed by atoms with Gasteiger partial charge >= 0.3 is 0 Å². The zero-order valence-electron chi connectivity index (χ0n) is 14.0. The Bertz CT molecular complexity index is 978. The predicted molar refractivity (Wildman–Crippen MR) is 97.3 cm³/mol. The van der Waals surface area contributed by atoms with Crippen LogP contribution in [0.3, 0.4) is 0 Å². The number of rotatable bonds is 3. The van der Waals surface area contributed by atoms with Gasteiger partial charge in [0.2, 0.25) is 0 Å². The van der Waals surface area contributed by atoms with Gasteiger partial charge in [0.15, 0.2) is 11.9 Å². The molecule has 6 nitrogen and oxygen atoms in total. The lowest BCUT2D eigenvalue weighted by Crippen LogP contribution is -2.34. The Balaban J connectivity index is 1.58. The van der Waals surface area contributed by atoms with Crippen LogP contribution in [0.1, 0.15) is 17.5 Å². The van der Waals surface area contributed by atoms with Gasteiger partial charge < -0.3 is 19.8 Å². The van der Waals surface area contributed by atoms with Crippen molar-refractivity contribution in [2.45, 2.75) is 13.0 Å². The molecule has 0 saturated carbocycles. The van der Waals surface area contributed by atoms with E-state index in [1.807, 2.05) is 30.3 Å². The van der Waals surface area contributed by atoms with Gasteiger partial charge in [0.05, 0.1) is 12.0 Å². The topological polar surface area (TPSA) is 80.6 Å². The minimum Gasteiger partial charge on any atom is -0.479 e. The molecule has 6 heteroatoms. The van der Waals surface area contributed by atoms with Gasteiger partial charge in [-0.15, -0.1) is 0 Å². The van der Waals surface area contributed by atoms with E-state index in [4.69, 9.17) is 9.15 Å². The molecule has 1 atom stereocenters. The average molecular weight is 348 g/mol. The second-order valence-electron chi connectivity index (χ2n) is 5.94. The fraction of sp³-hybridized carbons (Fsp3) is 0.100. The number of hydrogen-bond donors (Lipinski definition) is 2. The molecule has 0 aliphatic carbocycles. The molecule has 26 heavy (non-hydrogen) atoms. The Morgan fingerprint density at radius 1 is 1.12 bits per heavy atom. The van der Waals surface area contributed by atoms with Gasteiger partial charge in [-0.05, 0) is 36.8 Å². The third-order valence-corrected chi connectivity index (χ3v) is 4.12. The van der Waals surface area contributed by atoms with Gasteiger partial charge in [-0.1, -0.05) is 30.3 Å². The third kappa shape index (κ3) is 2.93. The number of anilines is 2. The summed E-state index contributed by atoms with van der Waals surface area (Å²) in [5.74, 6) is 0.199. The lowest BCUT2D eigenvalue weighted by atomic mass is 10.1. The quantitative estimate of drug-likeness (QED) is 0.752. The summed E-state index contributed by atoms with van der Waals surface area (Å²) in [5, 5.41) is 5.55. The monoisotopic (exact) mass is 348 g/mol. The van der Waals surface area contributed by atoms with Crippen LogP contribution in [0.4, 0.5) is 11.4 Å². The first-order valence-electron chi connectivity index (χ1n) is 8.17. The highest BCUT2D eigenvalue weighted by atomic mass is 16.5. The van der Waals surface area contributed by atoms with Crippen LogP contribution in [0.25, 0.3) is 11.1 Å². The van der Waals surface area contributed by atoms with Crippen molar-refractivity contribution in [3.05, 3.63) is 66.6 Å². The number of hydrogen-bond acceptors (Lipinski definition) is 4. The van der Waals surface area contributed by atoms with E-state index in [0.29, 0.717) is 22.7 Å². The fourth-order valence-corrected chi connectivity index (χ4v) is 2.80. The first kappa shape index (κ1) is 16.0. The molecule has 130 valence electrons. The molecule has 0 bridgehead atoms. The number of benzene rings is 2. The highest BCUT2D eigenvalue weighted by molar-refractivity contribution is 6.07. The zero-order chi connectivity index (χ0) is 18.1. The van der Waals surface area contributed by atoms with Crippen LogP contribution in [-0.4, -0.2) is 17.9 Å². The van der Waals surface area contributed by atoms with Crippen LogP contribution in [0.15, 0.2) is 65.3 Å². The number of fused-ring (bicyclic) bond motifs is 1. The van der Waals surface area contributed by atoms with Crippen LogP contribution in [-0.2, 0) is 4.79 Å². The van der Waals surface area contributed by atoms with E-state index in [2.05, 4.69) is 10.6 Å². The van der Waals surface area contributed by atoms with Gasteiger partial charge in [-0.25, -0.2) is 0 Å². The summed E-state index contributed by atoms with van der Waals surface area (Å²) in [7, 11) is 0. The summed E-state index contributed by atoms with van der Waals surface area (Å²) in [6.07, 6.45) is 0.944. The molecular weight excluding hydrogens is 332 g/mol. The van der Waals surface area contributed by atoms with Crippen LogP contribution in [0.2, 0.25) is 0 Å². The summed E-state index contributed by atoms with van der Waals surface area (Å²) in [5.41, 5.74) is 2.66. The molecule has 2 aromatic carbocycles. The molecule has 3 aromatic rings. The minimum absolute atomic E-state index is 0.224. The Morgan fingerprint density at radius 3 is 2.73 bits per heavy atom. The number of ether oxygens (including phenoxy) is 1. The van der Waals surface area contributed by atoms with Crippen molar-refractivity contribution in [1.82, 2.24) is 0 Å². The molecule has 2 heterocycles. The molecule has 1 aromatic heterocycles. The van der Waals surface area contributed by atoms with Crippen molar-refractivity contribution >= 4 is 23.2 Å². The van der Waals surface area contributed by atoms with E-state index >= 15 is 0 Å². The van der Waals surface area contributed by atoms with Crippen LogP contribution in [0, 0.1) is 0 Å². The molecule has 2 amide bonds. The molecular formula is C20H16N2O4. The van der Waals surface area contributed by atoms with Crippen molar-refractivity contribution in [1.29, 1.82) is 0 Å². The minimum atomic E-state index is -0.542. The Kier molecular flexibility index (Phi) is 3.93. The second kappa shape index (κ2) is 6.40. The average Bonchev–Trinajstić information content (AvgIpc) is 3.14. The van der Waals surface area contributed by atoms with Crippen molar-refractivity contribution in [2.75, 3.05) is 10.6 Å². The normalized spacial score (nSPS) is 15.6. The third-order valence-electron chi connectivity index (χ3n) is 4.12. The van der Waals surface area contributed by atoms with Crippen molar-refractivity contribution < 1.29 is 18.7 Å². The number of furan rings is 1. The summed E-state index contributed by atoms with van der Waals surface area (Å²) in [6.45, 7) is 1.68. The molecule has 0 spiro atoms. The highest BCUT2D eigenvalue weighted by Gasteiger charge is 2.24. The van der Waals surface area contributed by atoms with Crippen LogP contribution in [0.5, 0.6) is 5.75 Å². The Hall–Kier alpha value is -3.54. The molecule has 4 rings (SSSR count). The molecule has 0 radical (unpaired) electrons. The second-order valence-corrected chi connectivity index (χ2v) is 5.94. The van der Waals surface area contributed by atoms with Gasteiger partial charge in [0.1, 0.15) is 5.75 Å². The fourth-order valence-electron chi connectivity index (χ4n) is 2.80. The lowest BCUT2D eigenvalue weighted by Gasteiger charge is -2.23. The molecule has 0 fully saturated rings. The van der Waals surface area contributed by atoms with E-state index in [-0.39, 0.29) is 17.6 Å². The number of amides is 2. The first-order valence-corrected chi connectivity index (χ1v) is 8.17. The van der Waals surface area contributed by atoms with Crippen molar-refractivity contribution in [2.24, 2.45) is 0 Å². The largest absolute Gasteiger partial charge is 0.479 e. The van der Waals surface area contributed by atoms with E-state index in [1.165, 1.54) is 6.26 Å². The number of nitrogens with one attached hydrogen (secondary N) is 2. The molecule has 1 aliphatic rings. The highest BCUT2D eigenvalue weighted by Crippen LogP contribution is 2.33. The maximum absolute atomic E-state index is 12.6. The predicted octanol–water partition coefficient (Wildman–Crippen LogP) is 3.92. The molecule has 2 N–H and O–H groups in total. The zero-order valence-corrected chi connectivity index (χ0v) is 14.0. The first-order chi connectivity index (χ1) is 12.6. The van der Waals surface area contributed by atoms with Crippen LogP contribution >= 0.6 is 0 Å². The number of carbonyl (C=O) groups excluding carboxylic acids is 2. The van der Waals surface area contributed by atoms with Crippen molar-refractivity contribution in [3.8, 4) is 16.9 Å². The Morgan fingerprint density at radius 2 is 1.92 bits per heavy atom. The number of carbonyl (C=O) groups is 2. The van der Waals surface area contributed by atoms with E-state index in [1.54, 1.807) is 31.2 Å². The summed E-state index contributed by atoms with van der Waals surface area (Å²) in [6, 6.07) is 16.4. The Labute approximate surface area is 149 Å².